The van der Waals surface area contributed by atoms with Gasteiger partial charge in [0.15, 0.2) is 11.5 Å². The molecule has 1 saturated heterocycles. The summed E-state index contributed by atoms with van der Waals surface area (Å²) in [6.45, 7) is 1.63. The molecular formula is C20H15BrN4O5. The van der Waals surface area contributed by atoms with Gasteiger partial charge in [-0.1, -0.05) is 18.2 Å². The van der Waals surface area contributed by atoms with Crippen LogP contribution >= 0.6 is 15.9 Å². The molecule has 152 valence electrons. The molecular weight excluding hydrogens is 456 g/mol. The summed E-state index contributed by atoms with van der Waals surface area (Å²) in [5, 5.41) is 10.8. The van der Waals surface area contributed by atoms with Gasteiger partial charge >= 0.3 is 6.03 Å². The third-order valence-corrected chi connectivity index (χ3v) is 5.78. The van der Waals surface area contributed by atoms with Crippen LogP contribution in [0.3, 0.4) is 0 Å². The molecule has 5 rings (SSSR count). The number of amides is 3. The normalized spacial score (nSPS) is 20.0. The molecule has 3 amide bonds. The summed E-state index contributed by atoms with van der Waals surface area (Å²) in [6, 6.07) is 12.0. The van der Waals surface area contributed by atoms with Gasteiger partial charge in [-0.05, 0) is 52.7 Å². The third kappa shape index (κ3) is 2.91. The van der Waals surface area contributed by atoms with Gasteiger partial charge in [-0.3, -0.25) is 9.69 Å². The van der Waals surface area contributed by atoms with Crippen molar-refractivity contribution in [2.45, 2.75) is 19.0 Å². The Labute approximate surface area is 179 Å². The highest BCUT2D eigenvalue weighted by atomic mass is 79.9. The quantitative estimate of drug-likeness (QED) is 0.583. The van der Waals surface area contributed by atoms with Crippen LogP contribution in [0.5, 0.6) is 11.5 Å². The van der Waals surface area contributed by atoms with Crippen LogP contribution in [0.15, 0.2) is 51.4 Å². The molecule has 0 saturated carbocycles. The summed E-state index contributed by atoms with van der Waals surface area (Å²) in [7, 11) is 0. The van der Waals surface area contributed by atoms with E-state index in [0.717, 1.165) is 14.9 Å². The van der Waals surface area contributed by atoms with Crippen LogP contribution in [0.25, 0.3) is 11.5 Å². The van der Waals surface area contributed by atoms with Crippen LogP contribution in [-0.4, -0.2) is 33.8 Å². The number of hydrogen-bond acceptors (Lipinski definition) is 7. The molecule has 9 nitrogen and oxygen atoms in total. The van der Waals surface area contributed by atoms with E-state index in [1.54, 1.807) is 25.1 Å². The first-order valence-electron chi connectivity index (χ1n) is 9.07. The lowest BCUT2D eigenvalue weighted by molar-refractivity contribution is -0.131. The van der Waals surface area contributed by atoms with Gasteiger partial charge in [0.05, 0.1) is 5.56 Å². The summed E-state index contributed by atoms with van der Waals surface area (Å²) in [6.07, 6.45) is 0. The van der Waals surface area contributed by atoms with Gasteiger partial charge in [-0.2, -0.15) is 0 Å². The van der Waals surface area contributed by atoms with Gasteiger partial charge in [0.2, 0.25) is 18.6 Å². The smallest absolute Gasteiger partial charge is 0.325 e. The van der Waals surface area contributed by atoms with E-state index in [9.17, 15) is 9.59 Å². The lowest BCUT2D eigenvalue weighted by atomic mass is 9.91. The molecule has 2 aromatic carbocycles. The highest BCUT2D eigenvalue weighted by Gasteiger charge is 2.49. The number of carbonyl (C=O) groups excluding carboxylic acids is 2. The molecule has 2 aliphatic rings. The van der Waals surface area contributed by atoms with Crippen LogP contribution in [-0.2, 0) is 16.9 Å². The zero-order valence-electron chi connectivity index (χ0n) is 15.7. The summed E-state index contributed by atoms with van der Waals surface area (Å²) in [4.78, 5) is 26.8. The number of nitrogens with one attached hydrogen (secondary N) is 1. The Kier molecular flexibility index (Phi) is 4.24. The van der Waals surface area contributed by atoms with E-state index in [0.29, 0.717) is 23.0 Å². The van der Waals surface area contributed by atoms with Gasteiger partial charge < -0.3 is 19.2 Å². The fraction of sp³-hybridized carbons (Fsp3) is 0.200. The molecule has 1 N–H and O–H groups in total. The molecule has 30 heavy (non-hydrogen) atoms. The van der Waals surface area contributed by atoms with E-state index < -0.39 is 17.5 Å². The fourth-order valence-electron chi connectivity index (χ4n) is 3.44. The van der Waals surface area contributed by atoms with Crippen LogP contribution in [0.1, 0.15) is 18.4 Å². The third-order valence-electron chi connectivity index (χ3n) is 5.09. The number of hydrogen-bond donors (Lipinski definition) is 1. The zero-order chi connectivity index (χ0) is 20.9. The number of fused-ring (bicyclic) bond motifs is 1. The van der Waals surface area contributed by atoms with Crippen molar-refractivity contribution < 1.29 is 23.5 Å². The summed E-state index contributed by atoms with van der Waals surface area (Å²) in [5.41, 5.74) is 0.0642. The number of nitrogens with zero attached hydrogens (tertiary/aromatic N) is 3. The van der Waals surface area contributed by atoms with Gasteiger partial charge in [-0.25, -0.2) is 4.79 Å². The number of imide groups is 1. The van der Waals surface area contributed by atoms with Crippen molar-refractivity contribution in [1.29, 1.82) is 0 Å². The van der Waals surface area contributed by atoms with Crippen LogP contribution < -0.4 is 14.8 Å². The second kappa shape index (κ2) is 6.84. The topological polar surface area (TPSA) is 107 Å². The number of halogens is 1. The second-order valence-electron chi connectivity index (χ2n) is 7.00. The number of urea groups is 1. The largest absolute Gasteiger partial charge is 0.454 e. The molecule has 1 atom stereocenters. The molecule has 1 fully saturated rings. The molecule has 1 aromatic heterocycles. The molecule has 2 aliphatic heterocycles. The first-order valence-corrected chi connectivity index (χ1v) is 9.86. The number of rotatable bonds is 4. The van der Waals surface area contributed by atoms with Gasteiger partial charge in [-0.15, -0.1) is 10.2 Å². The molecule has 3 heterocycles. The summed E-state index contributed by atoms with van der Waals surface area (Å²) >= 11 is 3.44. The molecule has 0 spiro atoms. The summed E-state index contributed by atoms with van der Waals surface area (Å²) in [5.74, 6) is 1.15. The van der Waals surface area contributed by atoms with E-state index >= 15 is 0 Å². The van der Waals surface area contributed by atoms with Crippen molar-refractivity contribution in [3.05, 3.63) is 58.4 Å². The molecule has 3 aromatic rings. The predicted molar refractivity (Wildman–Crippen MR) is 106 cm³/mol. The van der Waals surface area contributed by atoms with E-state index in [-0.39, 0.29) is 19.2 Å². The predicted octanol–water partition coefficient (Wildman–Crippen LogP) is 3.20. The average molecular weight is 471 g/mol. The number of benzene rings is 2. The standard InChI is InChI=1S/C20H15BrN4O5/c1-20(11-6-7-14-15(8-11)29-10-28-14)18(26)25(19(27)22-20)9-16-23-24-17(30-16)12-4-2-3-5-13(12)21/h2-8H,9-10H2,1H3,(H,22,27)/t20-/m1/s1. The van der Waals surface area contributed by atoms with Crippen LogP contribution in [0.4, 0.5) is 4.79 Å². The van der Waals surface area contributed by atoms with Crippen molar-refractivity contribution >= 4 is 27.9 Å². The van der Waals surface area contributed by atoms with Crippen molar-refractivity contribution in [1.82, 2.24) is 20.4 Å². The Morgan fingerprint density at radius 2 is 1.93 bits per heavy atom. The zero-order valence-corrected chi connectivity index (χ0v) is 17.3. The number of carbonyl (C=O) groups is 2. The minimum Gasteiger partial charge on any atom is -0.454 e. The molecule has 0 bridgehead atoms. The lowest BCUT2D eigenvalue weighted by Gasteiger charge is -2.22. The van der Waals surface area contributed by atoms with Crippen LogP contribution in [0.2, 0.25) is 0 Å². The monoisotopic (exact) mass is 470 g/mol. The van der Waals surface area contributed by atoms with Crippen molar-refractivity contribution in [3.63, 3.8) is 0 Å². The van der Waals surface area contributed by atoms with Crippen molar-refractivity contribution in [2.75, 3.05) is 6.79 Å². The van der Waals surface area contributed by atoms with E-state index in [2.05, 4.69) is 31.4 Å². The highest BCUT2D eigenvalue weighted by molar-refractivity contribution is 9.10. The molecule has 0 radical (unpaired) electrons. The lowest BCUT2D eigenvalue weighted by Crippen LogP contribution is -2.40. The van der Waals surface area contributed by atoms with Crippen LogP contribution in [0, 0.1) is 0 Å². The maximum atomic E-state index is 13.1. The first-order chi connectivity index (χ1) is 14.5. The van der Waals surface area contributed by atoms with E-state index in [1.165, 1.54) is 0 Å². The van der Waals surface area contributed by atoms with Crippen molar-refractivity contribution in [3.8, 4) is 23.0 Å². The Balaban J connectivity index is 1.40. The SMILES string of the molecule is C[C@]1(c2ccc3c(c2)OCO3)NC(=O)N(Cc2nnc(-c3ccccc3Br)o2)C1=O. The second-order valence-corrected chi connectivity index (χ2v) is 7.85. The van der Waals surface area contributed by atoms with E-state index in [4.69, 9.17) is 13.9 Å². The Hall–Kier alpha value is -3.40. The minimum absolute atomic E-state index is 0.124. The molecule has 0 unspecified atom stereocenters. The van der Waals surface area contributed by atoms with Crippen molar-refractivity contribution in [2.24, 2.45) is 0 Å². The van der Waals surface area contributed by atoms with Gasteiger partial charge in [0, 0.05) is 4.47 Å². The maximum absolute atomic E-state index is 13.1. The highest BCUT2D eigenvalue weighted by Crippen LogP contribution is 2.38. The number of aromatic nitrogens is 2. The Morgan fingerprint density at radius 3 is 2.77 bits per heavy atom. The fourth-order valence-corrected chi connectivity index (χ4v) is 3.89. The summed E-state index contributed by atoms with van der Waals surface area (Å²) < 4.78 is 17.2. The Bertz CT molecular complexity index is 1180. The number of ether oxygens (including phenoxy) is 2. The Morgan fingerprint density at radius 1 is 1.13 bits per heavy atom. The van der Waals surface area contributed by atoms with E-state index in [1.807, 2.05) is 24.3 Å². The first kappa shape index (κ1) is 18.6. The molecule has 10 heteroatoms. The molecule has 0 aliphatic carbocycles. The minimum atomic E-state index is -1.25. The maximum Gasteiger partial charge on any atom is 0.325 e. The van der Waals surface area contributed by atoms with Gasteiger partial charge in [0.25, 0.3) is 5.91 Å². The average Bonchev–Trinajstić information content (AvgIpc) is 3.44. The van der Waals surface area contributed by atoms with Gasteiger partial charge in [0.1, 0.15) is 12.1 Å².